The van der Waals surface area contributed by atoms with Crippen LogP contribution in [0.15, 0.2) is 0 Å². The van der Waals surface area contributed by atoms with Gasteiger partial charge in [-0.3, -0.25) is 0 Å². The highest BCUT2D eigenvalue weighted by Crippen LogP contribution is 2.56. The predicted octanol–water partition coefficient (Wildman–Crippen LogP) is 3.52. The fraction of sp³-hybridized carbons (Fsp3) is 1.00. The second-order valence-electron chi connectivity index (χ2n) is 6.66. The summed E-state index contributed by atoms with van der Waals surface area (Å²) in [5, 5.41) is 9.94. The van der Waals surface area contributed by atoms with E-state index in [1.54, 1.807) is 0 Å². The van der Waals surface area contributed by atoms with E-state index in [-0.39, 0.29) is 17.8 Å². The zero-order chi connectivity index (χ0) is 12.5. The molecular weight excluding hydrogens is 212 g/mol. The molecule has 0 aromatic rings. The molecule has 1 N–H and O–H groups in total. The lowest BCUT2D eigenvalue weighted by atomic mass is 9.97. The summed E-state index contributed by atoms with van der Waals surface area (Å²) in [7, 11) is 0. The molecule has 2 nitrogen and oxygen atoms in total. The Hall–Kier alpha value is -0.0800. The van der Waals surface area contributed by atoms with Gasteiger partial charge in [-0.2, -0.15) is 0 Å². The summed E-state index contributed by atoms with van der Waals surface area (Å²) in [4.78, 5) is 0. The van der Waals surface area contributed by atoms with Gasteiger partial charge in [-0.15, -0.1) is 0 Å². The van der Waals surface area contributed by atoms with Gasteiger partial charge in [0.25, 0.3) is 0 Å². The van der Waals surface area contributed by atoms with Gasteiger partial charge in [0.1, 0.15) is 0 Å². The summed E-state index contributed by atoms with van der Waals surface area (Å²) >= 11 is 0. The maximum absolute atomic E-state index is 9.94. The van der Waals surface area contributed by atoms with Crippen LogP contribution < -0.4 is 0 Å². The highest BCUT2D eigenvalue weighted by Gasteiger charge is 2.56. The average Bonchev–Trinajstić information content (AvgIpc) is 2.88. The van der Waals surface area contributed by atoms with E-state index >= 15 is 0 Å². The van der Waals surface area contributed by atoms with Gasteiger partial charge in [0.05, 0.1) is 17.8 Å². The van der Waals surface area contributed by atoms with Crippen LogP contribution in [0, 0.1) is 11.8 Å². The van der Waals surface area contributed by atoms with E-state index in [0.717, 1.165) is 18.8 Å². The van der Waals surface area contributed by atoms with Gasteiger partial charge in [0.2, 0.25) is 0 Å². The summed E-state index contributed by atoms with van der Waals surface area (Å²) in [6, 6.07) is 0. The van der Waals surface area contributed by atoms with Crippen LogP contribution in [0.1, 0.15) is 65.7 Å². The molecule has 0 radical (unpaired) electrons. The van der Waals surface area contributed by atoms with Gasteiger partial charge < -0.3 is 9.84 Å². The van der Waals surface area contributed by atoms with Crippen LogP contribution in [0.3, 0.4) is 0 Å². The molecule has 17 heavy (non-hydrogen) atoms. The highest BCUT2D eigenvalue weighted by atomic mass is 16.5. The van der Waals surface area contributed by atoms with E-state index in [9.17, 15) is 5.11 Å². The van der Waals surface area contributed by atoms with E-state index in [1.807, 2.05) is 0 Å². The Kier molecular flexibility index (Phi) is 4.14. The normalized spacial score (nSPS) is 35.5. The largest absolute Gasteiger partial charge is 0.393 e. The number of ether oxygens (including phenoxy) is 1. The maximum atomic E-state index is 9.94. The number of aliphatic hydroxyl groups is 1. The van der Waals surface area contributed by atoms with Crippen molar-refractivity contribution in [3.05, 3.63) is 0 Å². The molecule has 0 aliphatic heterocycles. The number of aliphatic hydroxyl groups excluding tert-OH is 1. The summed E-state index contributed by atoms with van der Waals surface area (Å²) < 4.78 is 6.25. The lowest BCUT2D eigenvalue weighted by molar-refractivity contribution is -0.0626. The summed E-state index contributed by atoms with van der Waals surface area (Å²) in [5.41, 5.74) is 0.231. The van der Waals surface area contributed by atoms with Crippen molar-refractivity contribution in [3.63, 3.8) is 0 Å². The van der Waals surface area contributed by atoms with E-state index in [2.05, 4.69) is 20.8 Å². The van der Waals surface area contributed by atoms with Crippen LogP contribution in [-0.4, -0.2) is 22.9 Å². The molecule has 0 unspecified atom stereocenters. The molecular formula is C15H28O2. The predicted molar refractivity (Wildman–Crippen MR) is 69.9 cm³/mol. The minimum Gasteiger partial charge on any atom is -0.393 e. The van der Waals surface area contributed by atoms with Crippen molar-refractivity contribution in [1.82, 2.24) is 0 Å². The average molecular weight is 240 g/mol. The van der Waals surface area contributed by atoms with Gasteiger partial charge in [0.15, 0.2) is 0 Å². The summed E-state index contributed by atoms with van der Waals surface area (Å²) in [6.07, 6.45) is 8.32. The Morgan fingerprint density at radius 2 is 2.00 bits per heavy atom. The molecule has 2 heteroatoms. The van der Waals surface area contributed by atoms with E-state index < -0.39 is 0 Å². The number of fused-ring (bicyclic) bond motifs is 1. The van der Waals surface area contributed by atoms with Crippen LogP contribution in [-0.2, 0) is 4.74 Å². The maximum Gasteiger partial charge on any atom is 0.0719 e. The van der Waals surface area contributed by atoms with Crippen molar-refractivity contribution in [3.8, 4) is 0 Å². The lowest BCUT2D eigenvalue weighted by Crippen LogP contribution is -2.28. The number of rotatable bonds is 6. The third-order valence-corrected chi connectivity index (χ3v) is 4.36. The summed E-state index contributed by atoms with van der Waals surface area (Å²) in [6.45, 7) is 6.44. The second kappa shape index (κ2) is 5.27. The smallest absolute Gasteiger partial charge is 0.0719 e. The SMILES string of the molecule is CC(C)C[C@@H](O)C[C@@H](C)O[C@]12CCCC[C@H]1C2. The first-order valence-corrected chi connectivity index (χ1v) is 7.38. The lowest BCUT2D eigenvalue weighted by Gasteiger charge is -2.28. The fourth-order valence-corrected chi connectivity index (χ4v) is 3.52. The molecule has 0 heterocycles. The van der Waals surface area contributed by atoms with Crippen LogP contribution in [0.25, 0.3) is 0 Å². The van der Waals surface area contributed by atoms with E-state index in [4.69, 9.17) is 4.74 Å². The van der Waals surface area contributed by atoms with Crippen molar-refractivity contribution in [2.24, 2.45) is 11.8 Å². The zero-order valence-corrected chi connectivity index (χ0v) is 11.6. The first kappa shape index (κ1) is 13.4. The monoisotopic (exact) mass is 240 g/mol. The molecule has 0 amide bonds. The van der Waals surface area contributed by atoms with Crippen LogP contribution in [0.2, 0.25) is 0 Å². The van der Waals surface area contributed by atoms with Crippen molar-refractivity contribution in [2.45, 2.75) is 83.5 Å². The molecule has 100 valence electrons. The van der Waals surface area contributed by atoms with Gasteiger partial charge in [-0.1, -0.05) is 26.7 Å². The fourth-order valence-electron chi connectivity index (χ4n) is 3.52. The third kappa shape index (κ3) is 3.45. The van der Waals surface area contributed by atoms with Crippen molar-refractivity contribution < 1.29 is 9.84 Å². The molecule has 0 spiro atoms. The van der Waals surface area contributed by atoms with Crippen molar-refractivity contribution >= 4 is 0 Å². The Bertz CT molecular complexity index is 251. The van der Waals surface area contributed by atoms with Crippen molar-refractivity contribution in [1.29, 1.82) is 0 Å². The Morgan fingerprint density at radius 1 is 1.24 bits per heavy atom. The molecule has 0 bridgehead atoms. The molecule has 0 saturated heterocycles. The number of hydrogen-bond acceptors (Lipinski definition) is 2. The van der Waals surface area contributed by atoms with Gasteiger partial charge in [-0.05, 0) is 50.9 Å². The molecule has 0 aromatic heterocycles. The number of hydrogen-bond donors (Lipinski definition) is 1. The molecule has 2 saturated carbocycles. The second-order valence-corrected chi connectivity index (χ2v) is 6.66. The standard InChI is InChI=1S/C15H28O2/c1-11(2)8-14(16)9-12(3)17-15-7-5-4-6-13(15)10-15/h11-14,16H,4-10H2,1-3H3/t12-,13+,14-,15+/m1/s1. The first-order chi connectivity index (χ1) is 8.02. The Labute approximate surface area is 106 Å². The Morgan fingerprint density at radius 3 is 2.65 bits per heavy atom. The van der Waals surface area contributed by atoms with E-state index in [1.165, 1.54) is 32.1 Å². The molecule has 2 rings (SSSR count). The van der Waals surface area contributed by atoms with E-state index in [0.29, 0.717) is 5.92 Å². The minimum atomic E-state index is -0.192. The van der Waals surface area contributed by atoms with Crippen molar-refractivity contribution in [2.75, 3.05) is 0 Å². The molecule has 4 atom stereocenters. The summed E-state index contributed by atoms with van der Waals surface area (Å²) in [5.74, 6) is 1.40. The molecule has 2 aliphatic carbocycles. The Balaban J connectivity index is 1.72. The molecule has 0 aromatic carbocycles. The van der Waals surface area contributed by atoms with Gasteiger partial charge >= 0.3 is 0 Å². The van der Waals surface area contributed by atoms with Gasteiger partial charge in [0, 0.05) is 0 Å². The third-order valence-electron chi connectivity index (χ3n) is 4.36. The molecule has 2 aliphatic rings. The van der Waals surface area contributed by atoms with Gasteiger partial charge in [-0.25, -0.2) is 0 Å². The van der Waals surface area contributed by atoms with Crippen LogP contribution >= 0.6 is 0 Å². The molecule has 2 fully saturated rings. The van der Waals surface area contributed by atoms with Crippen LogP contribution in [0.4, 0.5) is 0 Å². The van der Waals surface area contributed by atoms with Crippen LogP contribution in [0.5, 0.6) is 0 Å². The topological polar surface area (TPSA) is 29.5 Å². The first-order valence-electron chi connectivity index (χ1n) is 7.38. The quantitative estimate of drug-likeness (QED) is 0.769. The zero-order valence-electron chi connectivity index (χ0n) is 11.6. The highest BCUT2D eigenvalue weighted by molar-refractivity contribution is 5.07. The minimum absolute atomic E-state index is 0.192.